The van der Waals surface area contributed by atoms with E-state index in [1.165, 1.54) is 30.6 Å². The normalized spacial score (nSPS) is 14.0. The Morgan fingerprint density at radius 2 is 1.85 bits per heavy atom. The van der Waals surface area contributed by atoms with Crippen molar-refractivity contribution in [3.63, 3.8) is 0 Å². The maximum Gasteiger partial charge on any atom is 0.418 e. The molecule has 0 radical (unpaired) electrons. The van der Waals surface area contributed by atoms with Crippen LogP contribution in [0.2, 0.25) is 0 Å². The van der Waals surface area contributed by atoms with Gasteiger partial charge in [-0.1, -0.05) is 26.0 Å². The van der Waals surface area contributed by atoms with E-state index in [0.29, 0.717) is 16.9 Å². The first-order valence-electron chi connectivity index (χ1n) is 10.6. The summed E-state index contributed by atoms with van der Waals surface area (Å²) >= 11 is 0. The Kier molecular flexibility index (Phi) is 8.98. The van der Waals surface area contributed by atoms with Gasteiger partial charge in [0.15, 0.2) is 5.60 Å². The van der Waals surface area contributed by atoms with E-state index in [0.717, 1.165) is 5.56 Å². The molecule has 1 unspecified atom stereocenters. The lowest BCUT2D eigenvalue weighted by Crippen LogP contribution is -2.55. The van der Waals surface area contributed by atoms with Gasteiger partial charge in [-0.25, -0.2) is 9.97 Å². The van der Waals surface area contributed by atoms with Gasteiger partial charge in [0, 0.05) is 30.1 Å². The summed E-state index contributed by atoms with van der Waals surface area (Å²) in [5.41, 5.74) is -2.16. The van der Waals surface area contributed by atoms with Gasteiger partial charge in [-0.2, -0.15) is 13.2 Å². The highest BCUT2D eigenvalue weighted by Gasteiger charge is 2.56. The standard InChI is InChI=1S/C25H31F3N4O2/c1-6-11-32(12-7-10-29-4)17-24(33,25(26,27)28)16-23(2,3)21-13-19(8-9-22(21)34-5)20-14-30-18-31-15-20/h6-9,12-15,18,33H,1,4,10-11,16-17H2,2-3,5H3/b12-7-. The maximum absolute atomic E-state index is 14.3. The van der Waals surface area contributed by atoms with Crippen molar-refractivity contribution < 1.29 is 23.0 Å². The van der Waals surface area contributed by atoms with Crippen LogP contribution < -0.4 is 4.74 Å². The first kappa shape index (κ1) is 27.0. The summed E-state index contributed by atoms with van der Waals surface area (Å²) in [6, 6.07) is 5.24. The predicted molar refractivity (Wildman–Crippen MR) is 128 cm³/mol. The van der Waals surface area contributed by atoms with E-state index in [1.54, 1.807) is 50.5 Å². The molecule has 1 N–H and O–H groups in total. The molecule has 0 aliphatic heterocycles. The number of hydrogen-bond donors (Lipinski definition) is 1. The number of hydrogen-bond acceptors (Lipinski definition) is 6. The fourth-order valence-electron chi connectivity index (χ4n) is 3.89. The van der Waals surface area contributed by atoms with E-state index < -0.39 is 30.2 Å². The molecule has 1 heterocycles. The maximum atomic E-state index is 14.3. The molecule has 34 heavy (non-hydrogen) atoms. The van der Waals surface area contributed by atoms with E-state index in [-0.39, 0.29) is 13.1 Å². The molecule has 0 amide bonds. The minimum atomic E-state index is -4.88. The van der Waals surface area contributed by atoms with Crippen molar-refractivity contribution in [1.82, 2.24) is 14.9 Å². The van der Waals surface area contributed by atoms with Crippen molar-refractivity contribution >= 4 is 6.72 Å². The monoisotopic (exact) mass is 476 g/mol. The number of aliphatic hydroxyl groups is 1. The zero-order valence-corrected chi connectivity index (χ0v) is 19.7. The second kappa shape index (κ2) is 11.3. The Morgan fingerprint density at radius 3 is 2.41 bits per heavy atom. The minimum absolute atomic E-state index is 0.124. The van der Waals surface area contributed by atoms with E-state index in [4.69, 9.17) is 4.74 Å². The van der Waals surface area contributed by atoms with E-state index in [1.807, 2.05) is 0 Å². The third-order valence-electron chi connectivity index (χ3n) is 5.46. The number of alkyl halides is 3. The molecule has 0 bridgehead atoms. The highest BCUT2D eigenvalue weighted by Crippen LogP contribution is 2.44. The molecular formula is C25H31F3N4O2. The number of aromatic nitrogens is 2. The van der Waals surface area contributed by atoms with Crippen LogP contribution in [0.15, 0.2) is 66.8 Å². The summed E-state index contributed by atoms with van der Waals surface area (Å²) in [4.78, 5) is 13.0. The average Bonchev–Trinajstić information content (AvgIpc) is 2.78. The zero-order valence-electron chi connectivity index (χ0n) is 19.7. The van der Waals surface area contributed by atoms with Crippen molar-refractivity contribution in [2.45, 2.75) is 37.5 Å². The van der Waals surface area contributed by atoms with Gasteiger partial charge >= 0.3 is 6.18 Å². The zero-order chi connectivity index (χ0) is 25.4. The fraction of sp³-hybridized carbons (Fsp3) is 0.400. The van der Waals surface area contributed by atoms with Crippen LogP contribution in [0.5, 0.6) is 5.75 Å². The van der Waals surface area contributed by atoms with Gasteiger partial charge in [0.1, 0.15) is 12.1 Å². The summed E-state index contributed by atoms with van der Waals surface area (Å²) in [7, 11) is 1.46. The van der Waals surface area contributed by atoms with Crippen molar-refractivity contribution in [3.8, 4) is 16.9 Å². The molecule has 0 spiro atoms. The van der Waals surface area contributed by atoms with Crippen LogP contribution in [0.1, 0.15) is 25.8 Å². The molecule has 2 rings (SSSR count). The molecule has 0 aliphatic rings. The van der Waals surface area contributed by atoms with Gasteiger partial charge in [0.05, 0.1) is 20.2 Å². The Hall–Kier alpha value is -3.20. The van der Waals surface area contributed by atoms with E-state index in [2.05, 4.69) is 28.3 Å². The van der Waals surface area contributed by atoms with Gasteiger partial charge < -0.3 is 14.7 Å². The highest BCUT2D eigenvalue weighted by atomic mass is 19.4. The first-order chi connectivity index (χ1) is 16.0. The average molecular weight is 477 g/mol. The van der Waals surface area contributed by atoms with Crippen LogP contribution in [0, 0.1) is 0 Å². The molecule has 9 heteroatoms. The molecule has 0 saturated heterocycles. The SMILES string of the molecule is C=CCN(/C=C\CN=C)CC(O)(CC(C)(C)c1cc(-c2cncnc2)ccc1OC)C(F)(F)F. The van der Waals surface area contributed by atoms with Crippen LogP contribution in [0.3, 0.4) is 0 Å². The van der Waals surface area contributed by atoms with Gasteiger partial charge in [0.25, 0.3) is 0 Å². The number of rotatable bonds is 12. The molecular weight excluding hydrogens is 445 g/mol. The Labute approximate surface area is 198 Å². The molecule has 6 nitrogen and oxygen atoms in total. The second-order valence-corrected chi connectivity index (χ2v) is 8.64. The van der Waals surface area contributed by atoms with E-state index in [9.17, 15) is 18.3 Å². The summed E-state index contributed by atoms with van der Waals surface area (Å²) < 4.78 is 48.3. The topological polar surface area (TPSA) is 70.8 Å². The predicted octanol–water partition coefficient (Wildman–Crippen LogP) is 4.82. The van der Waals surface area contributed by atoms with Crippen molar-refractivity contribution in [2.24, 2.45) is 4.99 Å². The third kappa shape index (κ3) is 6.66. The molecule has 1 aromatic carbocycles. The van der Waals surface area contributed by atoms with Crippen LogP contribution >= 0.6 is 0 Å². The quantitative estimate of drug-likeness (QED) is 0.352. The second-order valence-electron chi connectivity index (χ2n) is 8.64. The largest absolute Gasteiger partial charge is 0.496 e. The summed E-state index contributed by atoms with van der Waals surface area (Å²) in [6.45, 7) is 9.97. The lowest BCUT2D eigenvalue weighted by Gasteiger charge is -2.40. The number of benzene rings is 1. The van der Waals surface area contributed by atoms with Crippen LogP contribution in [0.25, 0.3) is 11.1 Å². The van der Waals surface area contributed by atoms with Gasteiger partial charge in [0.2, 0.25) is 0 Å². The van der Waals surface area contributed by atoms with Crippen molar-refractivity contribution in [1.29, 1.82) is 0 Å². The third-order valence-corrected chi connectivity index (χ3v) is 5.46. The molecule has 0 aliphatic carbocycles. The highest BCUT2D eigenvalue weighted by molar-refractivity contribution is 5.65. The summed E-state index contributed by atoms with van der Waals surface area (Å²) in [6.07, 6.45) is 3.67. The Balaban J connectivity index is 2.48. The summed E-state index contributed by atoms with van der Waals surface area (Å²) in [5.74, 6) is 0.426. The lowest BCUT2D eigenvalue weighted by atomic mass is 9.73. The first-order valence-corrected chi connectivity index (χ1v) is 10.6. The van der Waals surface area contributed by atoms with Crippen molar-refractivity contribution in [2.75, 3.05) is 26.7 Å². The van der Waals surface area contributed by atoms with Crippen molar-refractivity contribution in [3.05, 3.63) is 67.4 Å². The Morgan fingerprint density at radius 1 is 1.18 bits per heavy atom. The smallest absolute Gasteiger partial charge is 0.418 e. The van der Waals surface area contributed by atoms with Gasteiger partial charge in [-0.15, -0.1) is 6.58 Å². The number of methoxy groups -OCH3 is 1. The number of ether oxygens (including phenoxy) is 1. The van der Waals surface area contributed by atoms with Gasteiger partial charge in [-0.05, 0) is 48.5 Å². The molecule has 0 fully saturated rings. The van der Waals surface area contributed by atoms with E-state index >= 15 is 0 Å². The minimum Gasteiger partial charge on any atom is -0.496 e. The molecule has 0 saturated carbocycles. The number of halogens is 3. The Bertz CT molecular complexity index is 993. The van der Waals surface area contributed by atoms with Gasteiger partial charge in [-0.3, -0.25) is 4.99 Å². The molecule has 1 atom stereocenters. The number of nitrogens with zero attached hydrogens (tertiary/aromatic N) is 4. The lowest BCUT2D eigenvalue weighted by molar-refractivity contribution is -0.269. The fourth-order valence-corrected chi connectivity index (χ4v) is 3.89. The molecule has 2 aromatic rings. The molecule has 1 aromatic heterocycles. The summed E-state index contributed by atoms with van der Waals surface area (Å²) in [5, 5.41) is 11.0. The van der Waals surface area contributed by atoms with Crippen LogP contribution in [-0.4, -0.2) is 65.2 Å². The van der Waals surface area contributed by atoms with Crippen LogP contribution in [0.4, 0.5) is 13.2 Å². The molecule has 184 valence electrons. The van der Waals surface area contributed by atoms with Crippen LogP contribution in [-0.2, 0) is 5.41 Å². The number of aliphatic imine (C=N–C) groups is 1.